The van der Waals surface area contributed by atoms with Crippen molar-refractivity contribution < 1.29 is 14.3 Å². The maximum atomic E-state index is 11.5. The van der Waals surface area contributed by atoms with Crippen molar-refractivity contribution >= 4 is 12.1 Å². The quantitative estimate of drug-likeness (QED) is 0.352. The second-order valence-corrected chi connectivity index (χ2v) is 5.59. The molecular formula is C19H30N2O3. The lowest BCUT2D eigenvalue weighted by Crippen LogP contribution is -2.16. The van der Waals surface area contributed by atoms with Crippen molar-refractivity contribution in [1.82, 2.24) is 5.43 Å². The SMILES string of the molecule is CCCCCOc1ccc(/C=N/NC(=O)CCCC)cc1OCC. The second kappa shape index (κ2) is 12.4. The lowest BCUT2D eigenvalue weighted by molar-refractivity contribution is -0.121. The minimum atomic E-state index is -0.0611. The number of carbonyl (C=O) groups is 1. The summed E-state index contributed by atoms with van der Waals surface area (Å²) in [6.45, 7) is 7.42. The van der Waals surface area contributed by atoms with Gasteiger partial charge in [0.25, 0.3) is 0 Å². The van der Waals surface area contributed by atoms with E-state index in [2.05, 4.69) is 24.4 Å². The first-order chi connectivity index (χ1) is 11.7. The third-order valence-electron chi connectivity index (χ3n) is 3.43. The molecule has 0 atom stereocenters. The Labute approximate surface area is 145 Å². The van der Waals surface area contributed by atoms with Crippen LogP contribution in [0.25, 0.3) is 0 Å². The van der Waals surface area contributed by atoms with E-state index in [-0.39, 0.29) is 5.91 Å². The zero-order chi connectivity index (χ0) is 17.6. The Morgan fingerprint density at radius 2 is 1.88 bits per heavy atom. The van der Waals surface area contributed by atoms with E-state index in [1.807, 2.05) is 25.1 Å². The van der Waals surface area contributed by atoms with E-state index in [0.717, 1.165) is 37.0 Å². The maximum absolute atomic E-state index is 11.5. The van der Waals surface area contributed by atoms with E-state index >= 15 is 0 Å². The van der Waals surface area contributed by atoms with Crippen LogP contribution in [0, 0.1) is 0 Å². The van der Waals surface area contributed by atoms with E-state index < -0.39 is 0 Å². The molecule has 0 aromatic heterocycles. The molecule has 0 unspecified atom stereocenters. The Morgan fingerprint density at radius 1 is 1.08 bits per heavy atom. The Balaban J connectivity index is 2.62. The third-order valence-corrected chi connectivity index (χ3v) is 3.43. The zero-order valence-electron chi connectivity index (χ0n) is 15.1. The number of amides is 1. The zero-order valence-corrected chi connectivity index (χ0v) is 15.1. The summed E-state index contributed by atoms with van der Waals surface area (Å²) in [5, 5.41) is 3.99. The molecule has 0 saturated carbocycles. The first-order valence-electron chi connectivity index (χ1n) is 8.92. The van der Waals surface area contributed by atoms with Crippen LogP contribution in [0.1, 0.15) is 64.9 Å². The molecule has 5 heteroatoms. The molecule has 1 amide bonds. The Hall–Kier alpha value is -2.04. The number of unbranched alkanes of at least 4 members (excludes halogenated alkanes) is 3. The number of hydrogen-bond donors (Lipinski definition) is 1. The second-order valence-electron chi connectivity index (χ2n) is 5.59. The summed E-state index contributed by atoms with van der Waals surface area (Å²) in [4.78, 5) is 11.5. The highest BCUT2D eigenvalue weighted by atomic mass is 16.5. The highest BCUT2D eigenvalue weighted by Crippen LogP contribution is 2.28. The topological polar surface area (TPSA) is 59.9 Å². The van der Waals surface area contributed by atoms with Crippen LogP contribution in [-0.4, -0.2) is 25.3 Å². The molecule has 1 aromatic carbocycles. The van der Waals surface area contributed by atoms with Crippen LogP contribution in [0.4, 0.5) is 0 Å². The van der Waals surface area contributed by atoms with Gasteiger partial charge in [0.1, 0.15) is 0 Å². The first-order valence-corrected chi connectivity index (χ1v) is 8.92. The summed E-state index contributed by atoms with van der Waals surface area (Å²) >= 11 is 0. The average molecular weight is 334 g/mol. The van der Waals surface area contributed by atoms with E-state index in [0.29, 0.717) is 25.4 Å². The first kappa shape index (κ1) is 20.0. The van der Waals surface area contributed by atoms with E-state index in [1.54, 1.807) is 6.21 Å². The fourth-order valence-corrected chi connectivity index (χ4v) is 2.10. The normalized spacial score (nSPS) is 10.8. The number of rotatable bonds is 12. The van der Waals surface area contributed by atoms with Gasteiger partial charge < -0.3 is 9.47 Å². The minimum absolute atomic E-state index is 0.0611. The lowest BCUT2D eigenvalue weighted by Gasteiger charge is -2.12. The van der Waals surface area contributed by atoms with Crippen molar-refractivity contribution in [2.45, 2.75) is 59.3 Å². The molecule has 0 aliphatic heterocycles. The number of carbonyl (C=O) groups excluding carboxylic acids is 1. The van der Waals surface area contributed by atoms with Crippen LogP contribution in [-0.2, 0) is 4.79 Å². The van der Waals surface area contributed by atoms with Gasteiger partial charge in [-0.2, -0.15) is 5.10 Å². The van der Waals surface area contributed by atoms with Gasteiger partial charge in [0, 0.05) is 6.42 Å². The fraction of sp³-hybridized carbons (Fsp3) is 0.579. The molecule has 24 heavy (non-hydrogen) atoms. The average Bonchev–Trinajstić information content (AvgIpc) is 2.58. The van der Waals surface area contributed by atoms with E-state index in [9.17, 15) is 4.79 Å². The molecule has 1 rings (SSSR count). The summed E-state index contributed by atoms with van der Waals surface area (Å²) < 4.78 is 11.4. The molecule has 134 valence electrons. The summed E-state index contributed by atoms with van der Waals surface area (Å²) in [6.07, 6.45) is 7.35. The standard InChI is InChI=1S/C19H30N2O3/c1-4-7-9-13-24-17-12-11-16(14-18(17)23-6-3)15-20-21-19(22)10-8-5-2/h11-12,14-15H,4-10,13H2,1-3H3,(H,21,22)/b20-15+. The molecule has 0 bridgehead atoms. The molecule has 0 fully saturated rings. The summed E-state index contributed by atoms with van der Waals surface area (Å²) in [5.41, 5.74) is 3.40. The molecule has 0 aliphatic rings. The van der Waals surface area contributed by atoms with Crippen molar-refractivity contribution in [3.05, 3.63) is 23.8 Å². The van der Waals surface area contributed by atoms with Crippen LogP contribution in [0.15, 0.2) is 23.3 Å². The van der Waals surface area contributed by atoms with Crippen LogP contribution in [0.2, 0.25) is 0 Å². The van der Waals surface area contributed by atoms with Gasteiger partial charge in [-0.25, -0.2) is 5.43 Å². The van der Waals surface area contributed by atoms with Gasteiger partial charge in [-0.05, 0) is 43.5 Å². The predicted molar refractivity (Wildman–Crippen MR) is 97.9 cm³/mol. The van der Waals surface area contributed by atoms with Gasteiger partial charge in [-0.1, -0.05) is 33.1 Å². The van der Waals surface area contributed by atoms with E-state index in [1.165, 1.54) is 6.42 Å². The number of nitrogens with zero attached hydrogens (tertiary/aromatic N) is 1. The highest BCUT2D eigenvalue weighted by Gasteiger charge is 2.06. The van der Waals surface area contributed by atoms with Crippen molar-refractivity contribution in [1.29, 1.82) is 0 Å². The van der Waals surface area contributed by atoms with Gasteiger partial charge in [-0.3, -0.25) is 4.79 Å². The predicted octanol–water partition coefficient (Wildman–Crippen LogP) is 4.29. The van der Waals surface area contributed by atoms with Crippen LogP contribution in [0.5, 0.6) is 11.5 Å². The van der Waals surface area contributed by atoms with Crippen LogP contribution in [0.3, 0.4) is 0 Å². The van der Waals surface area contributed by atoms with Gasteiger partial charge in [0.15, 0.2) is 11.5 Å². The number of nitrogens with one attached hydrogen (secondary N) is 1. The number of ether oxygens (including phenoxy) is 2. The molecule has 0 saturated heterocycles. The lowest BCUT2D eigenvalue weighted by atomic mass is 10.2. The summed E-state index contributed by atoms with van der Waals surface area (Å²) in [5.74, 6) is 1.39. The summed E-state index contributed by atoms with van der Waals surface area (Å²) in [7, 11) is 0. The highest BCUT2D eigenvalue weighted by molar-refractivity contribution is 5.83. The smallest absolute Gasteiger partial charge is 0.240 e. The molecule has 0 radical (unpaired) electrons. The molecular weight excluding hydrogens is 304 g/mol. The molecule has 5 nitrogen and oxygen atoms in total. The van der Waals surface area contributed by atoms with Crippen LogP contribution < -0.4 is 14.9 Å². The third kappa shape index (κ3) is 7.99. The van der Waals surface area contributed by atoms with Gasteiger partial charge in [0.2, 0.25) is 5.91 Å². The van der Waals surface area contributed by atoms with Gasteiger partial charge >= 0.3 is 0 Å². The molecule has 1 N–H and O–H groups in total. The largest absolute Gasteiger partial charge is 0.490 e. The number of hydrogen-bond acceptors (Lipinski definition) is 4. The fourth-order valence-electron chi connectivity index (χ4n) is 2.10. The van der Waals surface area contributed by atoms with Crippen molar-refractivity contribution in [2.24, 2.45) is 5.10 Å². The van der Waals surface area contributed by atoms with Crippen molar-refractivity contribution in [3.8, 4) is 11.5 Å². The van der Waals surface area contributed by atoms with Gasteiger partial charge in [0.05, 0.1) is 19.4 Å². The van der Waals surface area contributed by atoms with Crippen LogP contribution >= 0.6 is 0 Å². The number of benzene rings is 1. The Bertz CT molecular complexity index is 515. The Morgan fingerprint density at radius 3 is 2.58 bits per heavy atom. The molecule has 0 aliphatic carbocycles. The minimum Gasteiger partial charge on any atom is -0.490 e. The monoisotopic (exact) mass is 334 g/mol. The van der Waals surface area contributed by atoms with Gasteiger partial charge in [-0.15, -0.1) is 0 Å². The van der Waals surface area contributed by atoms with Crippen molar-refractivity contribution in [2.75, 3.05) is 13.2 Å². The molecule has 0 heterocycles. The molecule has 1 aromatic rings. The summed E-state index contributed by atoms with van der Waals surface area (Å²) in [6, 6.07) is 5.66. The maximum Gasteiger partial charge on any atom is 0.240 e. The van der Waals surface area contributed by atoms with E-state index in [4.69, 9.17) is 9.47 Å². The molecule has 0 spiro atoms. The Kier molecular flexibility index (Phi) is 10.3. The number of hydrazone groups is 1. The van der Waals surface area contributed by atoms with Crippen molar-refractivity contribution in [3.63, 3.8) is 0 Å².